The highest BCUT2D eigenvalue weighted by Crippen LogP contribution is 2.08. The lowest BCUT2D eigenvalue weighted by molar-refractivity contribution is -0.148. The quantitative estimate of drug-likeness (QED) is 0.615. The van der Waals surface area contributed by atoms with Crippen LogP contribution in [-0.2, 0) is 25.5 Å². The fourth-order valence-electron chi connectivity index (χ4n) is 2.46. The summed E-state index contributed by atoms with van der Waals surface area (Å²) in [6, 6.07) is 7.93. The van der Waals surface area contributed by atoms with E-state index >= 15 is 0 Å². The highest BCUT2D eigenvalue weighted by molar-refractivity contribution is 5.91. The van der Waals surface area contributed by atoms with Crippen LogP contribution >= 0.6 is 0 Å². The van der Waals surface area contributed by atoms with Gasteiger partial charge in [-0.15, -0.1) is 0 Å². The second-order valence-electron chi connectivity index (χ2n) is 7.30. The number of carbonyl (C=O) groups is 3. The summed E-state index contributed by atoms with van der Waals surface area (Å²) in [6.45, 7) is 9.46. The number of rotatable bonds is 10. The van der Waals surface area contributed by atoms with Gasteiger partial charge in [0.05, 0.1) is 6.61 Å². The van der Waals surface area contributed by atoms with Crippen molar-refractivity contribution in [1.29, 1.82) is 0 Å². The normalized spacial score (nSPS) is 13.1. The van der Waals surface area contributed by atoms with Crippen molar-refractivity contribution in [3.8, 4) is 0 Å². The molecule has 2 unspecified atom stereocenters. The number of carbonyl (C=O) groups excluding carboxylic acids is 3. The number of benzene rings is 1. The van der Waals surface area contributed by atoms with Crippen LogP contribution in [0.15, 0.2) is 30.3 Å². The molecule has 0 radical (unpaired) electrons. The first kappa shape index (κ1) is 22.7. The molecule has 0 fully saturated rings. The van der Waals surface area contributed by atoms with Crippen LogP contribution in [-0.4, -0.2) is 36.5 Å². The van der Waals surface area contributed by atoms with Crippen molar-refractivity contribution in [3.63, 3.8) is 0 Å². The maximum atomic E-state index is 12.8. The van der Waals surface area contributed by atoms with E-state index in [0.717, 1.165) is 5.56 Å². The van der Waals surface area contributed by atoms with Crippen molar-refractivity contribution in [2.75, 3.05) is 6.61 Å². The fraction of sp³-hybridized carbons (Fsp3) is 0.571. The van der Waals surface area contributed by atoms with Crippen LogP contribution in [0.1, 0.15) is 46.6 Å². The molecule has 1 rings (SSSR count). The molecule has 1 aromatic carbocycles. The number of esters is 1. The predicted molar refractivity (Wildman–Crippen MR) is 105 cm³/mol. The summed E-state index contributed by atoms with van der Waals surface area (Å²) in [7, 11) is 0. The van der Waals surface area contributed by atoms with Crippen molar-refractivity contribution in [3.05, 3.63) is 35.9 Å². The van der Waals surface area contributed by atoms with E-state index in [2.05, 4.69) is 10.6 Å². The first-order valence-electron chi connectivity index (χ1n) is 9.57. The van der Waals surface area contributed by atoms with Gasteiger partial charge in [-0.2, -0.15) is 0 Å². The highest BCUT2D eigenvalue weighted by atomic mass is 16.5. The van der Waals surface area contributed by atoms with Gasteiger partial charge in [-0.05, 0) is 17.9 Å². The molecule has 0 aliphatic heterocycles. The van der Waals surface area contributed by atoms with Gasteiger partial charge in [0, 0.05) is 12.3 Å². The summed E-state index contributed by atoms with van der Waals surface area (Å²) >= 11 is 0. The Morgan fingerprint density at radius 2 is 1.59 bits per heavy atom. The number of hydrogen-bond donors (Lipinski definition) is 2. The SMILES string of the molecule is CCCOC(=O)C(Cc1ccccc1)NC(=O)C(NC(=O)C(C)C)C(C)C. The Kier molecular flexibility index (Phi) is 9.54. The van der Waals surface area contributed by atoms with Crippen LogP contribution < -0.4 is 10.6 Å². The number of nitrogens with one attached hydrogen (secondary N) is 2. The smallest absolute Gasteiger partial charge is 0.328 e. The fourth-order valence-corrected chi connectivity index (χ4v) is 2.46. The van der Waals surface area contributed by atoms with Crippen LogP contribution in [0.5, 0.6) is 0 Å². The minimum absolute atomic E-state index is 0.114. The van der Waals surface area contributed by atoms with E-state index in [0.29, 0.717) is 19.4 Å². The summed E-state index contributed by atoms with van der Waals surface area (Å²) in [6.07, 6.45) is 1.04. The highest BCUT2D eigenvalue weighted by Gasteiger charge is 2.30. The Balaban J connectivity index is 2.91. The second kappa shape index (κ2) is 11.4. The van der Waals surface area contributed by atoms with Gasteiger partial charge in [-0.3, -0.25) is 9.59 Å². The van der Waals surface area contributed by atoms with Gasteiger partial charge in [-0.1, -0.05) is 65.0 Å². The summed E-state index contributed by atoms with van der Waals surface area (Å²) < 4.78 is 5.24. The Morgan fingerprint density at radius 1 is 0.963 bits per heavy atom. The molecule has 0 saturated heterocycles. The molecule has 6 nitrogen and oxygen atoms in total. The molecule has 0 saturated carbocycles. The van der Waals surface area contributed by atoms with E-state index in [9.17, 15) is 14.4 Å². The Bertz CT molecular complexity index is 614. The monoisotopic (exact) mass is 376 g/mol. The molecule has 0 spiro atoms. The third kappa shape index (κ3) is 7.81. The second-order valence-corrected chi connectivity index (χ2v) is 7.30. The minimum Gasteiger partial charge on any atom is -0.464 e. The van der Waals surface area contributed by atoms with Crippen molar-refractivity contribution < 1.29 is 19.1 Å². The molecule has 6 heteroatoms. The Morgan fingerprint density at radius 3 is 2.11 bits per heavy atom. The molecule has 0 aliphatic rings. The lowest BCUT2D eigenvalue weighted by Gasteiger charge is -2.25. The Labute approximate surface area is 162 Å². The molecule has 1 aromatic rings. The molecule has 0 aromatic heterocycles. The Hall–Kier alpha value is -2.37. The number of hydrogen-bond acceptors (Lipinski definition) is 4. The van der Waals surface area contributed by atoms with Gasteiger partial charge in [0.15, 0.2) is 0 Å². The molecule has 27 heavy (non-hydrogen) atoms. The third-order valence-corrected chi connectivity index (χ3v) is 4.10. The average Bonchev–Trinajstić information content (AvgIpc) is 2.63. The van der Waals surface area contributed by atoms with Gasteiger partial charge in [0.25, 0.3) is 0 Å². The zero-order valence-corrected chi connectivity index (χ0v) is 17.0. The van der Waals surface area contributed by atoms with Gasteiger partial charge in [0.2, 0.25) is 11.8 Å². The van der Waals surface area contributed by atoms with Gasteiger partial charge in [-0.25, -0.2) is 4.79 Å². The lowest BCUT2D eigenvalue weighted by Crippen LogP contribution is -2.55. The van der Waals surface area contributed by atoms with Crippen LogP contribution in [0, 0.1) is 11.8 Å². The first-order valence-corrected chi connectivity index (χ1v) is 9.57. The van der Waals surface area contributed by atoms with E-state index in [-0.39, 0.29) is 23.7 Å². The molecule has 150 valence electrons. The van der Waals surface area contributed by atoms with E-state index in [1.807, 2.05) is 51.1 Å². The van der Waals surface area contributed by atoms with Crippen LogP contribution in [0.4, 0.5) is 0 Å². The summed E-state index contributed by atoms with van der Waals surface area (Å²) in [5.41, 5.74) is 0.920. The minimum atomic E-state index is -0.802. The molecule has 2 N–H and O–H groups in total. The number of amides is 2. The summed E-state index contributed by atoms with van der Waals surface area (Å²) in [5.74, 6) is -1.39. The van der Waals surface area contributed by atoms with Crippen LogP contribution in [0.3, 0.4) is 0 Å². The molecule has 0 aliphatic carbocycles. The number of ether oxygens (including phenoxy) is 1. The predicted octanol–water partition coefficient (Wildman–Crippen LogP) is 2.46. The molecule has 2 amide bonds. The molecule has 0 bridgehead atoms. The molecular formula is C21H32N2O4. The average molecular weight is 376 g/mol. The van der Waals surface area contributed by atoms with Crippen molar-refractivity contribution in [1.82, 2.24) is 10.6 Å². The lowest BCUT2D eigenvalue weighted by atomic mass is 10.0. The van der Waals surface area contributed by atoms with Gasteiger partial charge < -0.3 is 15.4 Å². The molecule has 2 atom stereocenters. The van der Waals surface area contributed by atoms with Crippen molar-refractivity contribution in [2.24, 2.45) is 11.8 Å². The molecular weight excluding hydrogens is 344 g/mol. The molecule has 0 heterocycles. The van der Waals surface area contributed by atoms with Crippen molar-refractivity contribution >= 4 is 17.8 Å². The maximum absolute atomic E-state index is 12.8. The third-order valence-electron chi connectivity index (χ3n) is 4.10. The zero-order chi connectivity index (χ0) is 20.4. The largest absolute Gasteiger partial charge is 0.464 e. The van der Waals surface area contributed by atoms with E-state index in [1.54, 1.807) is 13.8 Å². The van der Waals surface area contributed by atoms with E-state index in [4.69, 9.17) is 4.74 Å². The topological polar surface area (TPSA) is 84.5 Å². The standard InChI is InChI=1S/C21H32N2O4/c1-6-12-27-21(26)17(13-16-10-8-7-9-11-16)22-20(25)18(14(2)3)23-19(24)15(4)5/h7-11,14-15,17-18H,6,12-13H2,1-5H3,(H,22,25)(H,23,24). The first-order chi connectivity index (χ1) is 12.8. The van der Waals surface area contributed by atoms with Gasteiger partial charge in [0.1, 0.15) is 12.1 Å². The zero-order valence-electron chi connectivity index (χ0n) is 17.0. The summed E-state index contributed by atoms with van der Waals surface area (Å²) in [4.78, 5) is 37.3. The summed E-state index contributed by atoms with van der Waals surface area (Å²) in [5, 5.41) is 5.54. The van der Waals surface area contributed by atoms with E-state index < -0.39 is 18.1 Å². The van der Waals surface area contributed by atoms with Gasteiger partial charge >= 0.3 is 5.97 Å². The van der Waals surface area contributed by atoms with Crippen molar-refractivity contribution in [2.45, 2.75) is 59.5 Å². The van der Waals surface area contributed by atoms with E-state index in [1.165, 1.54) is 0 Å². The van der Waals surface area contributed by atoms with Crippen LogP contribution in [0.2, 0.25) is 0 Å². The maximum Gasteiger partial charge on any atom is 0.328 e. The van der Waals surface area contributed by atoms with Crippen LogP contribution in [0.25, 0.3) is 0 Å².